The largest absolute Gasteiger partial charge is 0.340 e. The number of fused-ring (bicyclic) bond motifs is 1. The molecule has 1 aliphatic heterocycles. The van der Waals surface area contributed by atoms with Crippen LogP contribution >= 0.6 is 0 Å². The quantitative estimate of drug-likeness (QED) is 0.762. The Bertz CT molecular complexity index is 696. The van der Waals surface area contributed by atoms with E-state index in [4.69, 9.17) is 9.97 Å². The highest BCUT2D eigenvalue weighted by atomic mass is 16.2. The molecule has 1 unspecified atom stereocenters. The van der Waals surface area contributed by atoms with Crippen molar-refractivity contribution in [2.24, 2.45) is 0 Å². The van der Waals surface area contributed by atoms with Crippen LogP contribution < -0.4 is 14.7 Å². The summed E-state index contributed by atoms with van der Waals surface area (Å²) in [4.78, 5) is 29.4. The fraction of sp³-hybridized carbons (Fsp3) is 0.773. The molecule has 2 saturated carbocycles. The van der Waals surface area contributed by atoms with Crippen LogP contribution in [0.25, 0.3) is 0 Å². The van der Waals surface area contributed by atoms with Crippen LogP contribution in [-0.2, 0) is 4.79 Å². The lowest BCUT2D eigenvalue weighted by molar-refractivity contribution is -0.120. The van der Waals surface area contributed by atoms with Gasteiger partial charge >= 0.3 is 0 Å². The van der Waals surface area contributed by atoms with Gasteiger partial charge in [0.25, 0.3) is 0 Å². The standard InChI is InChI=1S/C22H35N5O/c1-4-18-21(28)25(3)19-15-23-22(26(5-2)16-11-7-6-8-12-16)24-20(19)27(18)17-13-9-10-14-17/h15-18H,4-14H2,1-3H3. The van der Waals surface area contributed by atoms with Gasteiger partial charge in [0.15, 0.2) is 5.82 Å². The van der Waals surface area contributed by atoms with Crippen LogP contribution in [0, 0.1) is 0 Å². The fourth-order valence-corrected chi connectivity index (χ4v) is 5.47. The highest BCUT2D eigenvalue weighted by Gasteiger charge is 2.41. The molecule has 0 spiro atoms. The van der Waals surface area contributed by atoms with Crippen molar-refractivity contribution >= 4 is 23.4 Å². The summed E-state index contributed by atoms with van der Waals surface area (Å²) >= 11 is 0. The topological polar surface area (TPSA) is 52.6 Å². The SMILES string of the molecule is CCC1C(=O)N(C)c2cnc(N(CC)C3CCCCC3)nc2N1C1CCCC1. The Kier molecular flexibility index (Phi) is 5.74. The second-order valence-corrected chi connectivity index (χ2v) is 8.62. The Morgan fingerprint density at radius 3 is 2.39 bits per heavy atom. The van der Waals surface area contributed by atoms with E-state index in [1.165, 1.54) is 44.9 Å². The van der Waals surface area contributed by atoms with Gasteiger partial charge in [-0.2, -0.15) is 4.98 Å². The maximum absolute atomic E-state index is 13.0. The third-order valence-electron chi connectivity index (χ3n) is 7.01. The highest BCUT2D eigenvalue weighted by molar-refractivity contribution is 6.04. The third kappa shape index (κ3) is 3.35. The van der Waals surface area contributed by atoms with Gasteiger partial charge in [0.05, 0.1) is 6.20 Å². The first kappa shape index (κ1) is 19.5. The van der Waals surface area contributed by atoms with E-state index in [2.05, 4.69) is 23.6 Å². The molecule has 6 nitrogen and oxygen atoms in total. The van der Waals surface area contributed by atoms with E-state index in [0.29, 0.717) is 12.1 Å². The summed E-state index contributed by atoms with van der Waals surface area (Å²) in [6, 6.07) is 0.864. The monoisotopic (exact) mass is 385 g/mol. The van der Waals surface area contributed by atoms with E-state index in [0.717, 1.165) is 43.3 Å². The van der Waals surface area contributed by atoms with Crippen molar-refractivity contribution in [2.75, 3.05) is 28.3 Å². The van der Waals surface area contributed by atoms with E-state index >= 15 is 0 Å². The van der Waals surface area contributed by atoms with Crippen LogP contribution in [0.1, 0.15) is 78.1 Å². The van der Waals surface area contributed by atoms with Gasteiger partial charge in [0.1, 0.15) is 11.7 Å². The fourth-order valence-electron chi connectivity index (χ4n) is 5.47. The molecule has 1 aromatic heterocycles. The molecular weight excluding hydrogens is 350 g/mol. The molecule has 1 aromatic rings. The molecule has 1 atom stereocenters. The number of anilines is 3. The number of carbonyl (C=O) groups is 1. The zero-order valence-electron chi connectivity index (χ0n) is 17.7. The first-order valence-corrected chi connectivity index (χ1v) is 11.3. The van der Waals surface area contributed by atoms with Crippen LogP contribution in [0.3, 0.4) is 0 Å². The summed E-state index contributed by atoms with van der Waals surface area (Å²) < 4.78 is 0. The summed E-state index contributed by atoms with van der Waals surface area (Å²) in [7, 11) is 1.87. The lowest BCUT2D eigenvalue weighted by Gasteiger charge is -2.44. The summed E-state index contributed by atoms with van der Waals surface area (Å²) in [6.07, 6.45) is 13.9. The predicted molar refractivity (Wildman–Crippen MR) is 114 cm³/mol. The van der Waals surface area contributed by atoms with Gasteiger partial charge in [-0.15, -0.1) is 0 Å². The van der Waals surface area contributed by atoms with E-state index in [9.17, 15) is 4.79 Å². The van der Waals surface area contributed by atoms with Crippen LogP contribution in [0.2, 0.25) is 0 Å². The molecule has 0 N–H and O–H groups in total. The summed E-state index contributed by atoms with van der Waals surface area (Å²) in [5.74, 6) is 1.99. The number of amides is 1. The molecule has 0 bridgehead atoms. The van der Waals surface area contributed by atoms with Gasteiger partial charge in [0, 0.05) is 25.7 Å². The van der Waals surface area contributed by atoms with Gasteiger partial charge in [-0.25, -0.2) is 4.98 Å². The molecule has 1 amide bonds. The second-order valence-electron chi connectivity index (χ2n) is 8.62. The summed E-state index contributed by atoms with van der Waals surface area (Å²) in [5, 5.41) is 0. The number of likely N-dealkylation sites (N-methyl/N-ethyl adjacent to an activating group) is 1. The van der Waals surface area contributed by atoms with Crippen molar-refractivity contribution in [1.29, 1.82) is 0 Å². The zero-order valence-corrected chi connectivity index (χ0v) is 17.7. The number of aromatic nitrogens is 2. The Morgan fingerprint density at radius 1 is 1.07 bits per heavy atom. The minimum atomic E-state index is -0.104. The average molecular weight is 386 g/mol. The Labute approximate surface area is 169 Å². The zero-order chi connectivity index (χ0) is 19.7. The maximum atomic E-state index is 13.0. The average Bonchev–Trinajstić information content (AvgIpc) is 3.26. The highest BCUT2D eigenvalue weighted by Crippen LogP contribution is 2.40. The van der Waals surface area contributed by atoms with Gasteiger partial charge in [-0.3, -0.25) is 4.79 Å². The molecular formula is C22H35N5O. The predicted octanol–water partition coefficient (Wildman–Crippen LogP) is 4.14. The Morgan fingerprint density at radius 2 is 1.75 bits per heavy atom. The van der Waals surface area contributed by atoms with Crippen molar-refractivity contribution in [3.8, 4) is 0 Å². The summed E-state index contributed by atoms with van der Waals surface area (Å²) in [6.45, 7) is 5.25. The maximum Gasteiger partial charge on any atom is 0.249 e. The third-order valence-corrected chi connectivity index (χ3v) is 7.01. The molecule has 4 rings (SSSR count). The van der Waals surface area contributed by atoms with Crippen molar-refractivity contribution in [2.45, 2.75) is 96.2 Å². The molecule has 3 aliphatic rings. The van der Waals surface area contributed by atoms with Gasteiger partial charge in [0.2, 0.25) is 11.9 Å². The van der Waals surface area contributed by atoms with Crippen LogP contribution in [0.4, 0.5) is 17.5 Å². The first-order valence-electron chi connectivity index (χ1n) is 11.3. The van der Waals surface area contributed by atoms with E-state index < -0.39 is 0 Å². The molecule has 0 aromatic carbocycles. The van der Waals surface area contributed by atoms with Gasteiger partial charge in [-0.05, 0) is 39.0 Å². The number of carbonyl (C=O) groups excluding carboxylic acids is 1. The van der Waals surface area contributed by atoms with E-state index in [1.54, 1.807) is 4.90 Å². The van der Waals surface area contributed by atoms with E-state index in [-0.39, 0.29) is 11.9 Å². The molecule has 154 valence electrons. The number of nitrogens with zero attached hydrogens (tertiary/aromatic N) is 5. The lowest BCUT2D eigenvalue weighted by Crippen LogP contribution is -2.55. The molecule has 2 aliphatic carbocycles. The minimum absolute atomic E-state index is 0.104. The Balaban J connectivity index is 1.73. The van der Waals surface area contributed by atoms with Crippen molar-refractivity contribution < 1.29 is 4.79 Å². The molecule has 2 fully saturated rings. The van der Waals surface area contributed by atoms with Gasteiger partial charge in [-0.1, -0.05) is 39.0 Å². The normalized spacial score (nSPS) is 24.0. The molecule has 0 saturated heterocycles. The molecule has 0 radical (unpaired) electrons. The second kappa shape index (κ2) is 8.26. The van der Waals surface area contributed by atoms with E-state index in [1.807, 2.05) is 13.2 Å². The van der Waals surface area contributed by atoms with Crippen LogP contribution in [-0.4, -0.2) is 47.6 Å². The molecule has 2 heterocycles. The van der Waals surface area contributed by atoms with Crippen molar-refractivity contribution in [3.05, 3.63) is 6.20 Å². The van der Waals surface area contributed by atoms with Gasteiger partial charge < -0.3 is 14.7 Å². The first-order chi connectivity index (χ1) is 13.7. The smallest absolute Gasteiger partial charge is 0.249 e. The number of hydrogen-bond acceptors (Lipinski definition) is 5. The summed E-state index contributed by atoms with van der Waals surface area (Å²) in [5.41, 5.74) is 0.866. The number of hydrogen-bond donors (Lipinski definition) is 0. The van der Waals surface area contributed by atoms with Crippen molar-refractivity contribution in [1.82, 2.24) is 9.97 Å². The Hall–Kier alpha value is -1.85. The van der Waals surface area contributed by atoms with Crippen LogP contribution in [0.15, 0.2) is 6.20 Å². The molecule has 28 heavy (non-hydrogen) atoms. The van der Waals surface area contributed by atoms with Crippen molar-refractivity contribution in [3.63, 3.8) is 0 Å². The lowest BCUT2D eigenvalue weighted by atomic mass is 9.94. The molecule has 6 heteroatoms. The number of rotatable bonds is 5. The van der Waals surface area contributed by atoms with Crippen LogP contribution in [0.5, 0.6) is 0 Å². The minimum Gasteiger partial charge on any atom is -0.340 e.